The second-order valence-corrected chi connectivity index (χ2v) is 5.04. The van der Waals surface area contributed by atoms with E-state index in [-0.39, 0.29) is 11.8 Å². The highest BCUT2D eigenvalue weighted by Crippen LogP contribution is 2.12. The molecule has 0 aliphatic carbocycles. The van der Waals surface area contributed by atoms with Gasteiger partial charge in [-0.3, -0.25) is 9.59 Å². The molecule has 1 unspecified atom stereocenters. The Bertz CT molecular complexity index is 432. The van der Waals surface area contributed by atoms with E-state index < -0.39 is 6.04 Å². The topological polar surface area (TPSA) is 65.5 Å². The molecule has 1 aliphatic rings. The molecule has 6 nitrogen and oxygen atoms in total. The minimum absolute atomic E-state index is 0.0641. The number of thiazole rings is 1. The Hall–Kier alpha value is -1.47. The molecule has 1 aromatic heterocycles. The van der Waals surface area contributed by atoms with Gasteiger partial charge in [0.05, 0.1) is 5.51 Å². The minimum atomic E-state index is -0.442. The van der Waals surface area contributed by atoms with Gasteiger partial charge in [-0.15, -0.1) is 11.3 Å². The summed E-state index contributed by atoms with van der Waals surface area (Å²) in [5, 5.41) is 4.85. The number of likely N-dealkylation sites (N-methyl/N-ethyl adjacent to an activating group) is 1. The molecule has 2 rings (SSSR count). The Morgan fingerprint density at radius 3 is 2.94 bits per heavy atom. The number of hydrogen-bond acceptors (Lipinski definition) is 5. The van der Waals surface area contributed by atoms with Crippen molar-refractivity contribution in [3.8, 4) is 0 Å². The van der Waals surface area contributed by atoms with Gasteiger partial charge in [-0.05, 0) is 0 Å². The van der Waals surface area contributed by atoms with Crippen molar-refractivity contribution in [2.24, 2.45) is 0 Å². The number of carbonyl (C=O) groups is 2. The van der Waals surface area contributed by atoms with Gasteiger partial charge in [0, 0.05) is 39.1 Å². The molecular formula is C11H16N4O2S. The summed E-state index contributed by atoms with van der Waals surface area (Å²) in [6, 6.07) is -0.442. The van der Waals surface area contributed by atoms with Crippen LogP contribution in [0.1, 0.15) is 10.5 Å². The van der Waals surface area contributed by atoms with Crippen LogP contribution in [-0.4, -0.2) is 66.4 Å². The molecule has 0 radical (unpaired) electrons. The van der Waals surface area contributed by atoms with Gasteiger partial charge in [-0.1, -0.05) is 0 Å². The first kappa shape index (κ1) is 13.0. The van der Waals surface area contributed by atoms with Crippen LogP contribution in [0, 0.1) is 0 Å². The Balaban J connectivity index is 2.18. The van der Waals surface area contributed by atoms with Crippen molar-refractivity contribution in [1.29, 1.82) is 0 Å². The van der Waals surface area contributed by atoms with Gasteiger partial charge >= 0.3 is 0 Å². The van der Waals surface area contributed by atoms with Crippen molar-refractivity contribution in [1.82, 2.24) is 20.1 Å². The van der Waals surface area contributed by atoms with Crippen molar-refractivity contribution in [3.63, 3.8) is 0 Å². The molecule has 2 heterocycles. The quantitative estimate of drug-likeness (QED) is 0.796. The Morgan fingerprint density at radius 1 is 1.56 bits per heavy atom. The van der Waals surface area contributed by atoms with Crippen molar-refractivity contribution >= 4 is 23.2 Å². The van der Waals surface area contributed by atoms with Crippen LogP contribution in [0.15, 0.2) is 10.9 Å². The second-order valence-electron chi connectivity index (χ2n) is 4.32. The molecular weight excluding hydrogens is 252 g/mol. The van der Waals surface area contributed by atoms with E-state index in [4.69, 9.17) is 0 Å². The van der Waals surface area contributed by atoms with Crippen LogP contribution in [0.2, 0.25) is 0 Å². The zero-order chi connectivity index (χ0) is 13.1. The van der Waals surface area contributed by atoms with Crippen LogP contribution < -0.4 is 5.32 Å². The zero-order valence-electron chi connectivity index (χ0n) is 10.4. The second kappa shape index (κ2) is 5.45. The molecule has 0 aromatic carbocycles. The van der Waals surface area contributed by atoms with Gasteiger partial charge in [-0.25, -0.2) is 4.98 Å². The maximum absolute atomic E-state index is 12.3. The molecule has 0 bridgehead atoms. The van der Waals surface area contributed by atoms with Gasteiger partial charge in [-0.2, -0.15) is 0 Å². The molecule has 0 saturated carbocycles. The standard InChI is InChI=1S/C11H16N4O2S/c1-14(2)11(17)9-5-12-3-4-15(9)10(16)8-6-18-7-13-8/h6-7,9,12H,3-5H2,1-2H3. The van der Waals surface area contributed by atoms with Crippen LogP contribution in [0.25, 0.3) is 0 Å². The molecule has 2 amide bonds. The van der Waals surface area contributed by atoms with E-state index in [0.717, 1.165) is 0 Å². The summed E-state index contributed by atoms with van der Waals surface area (Å²) in [7, 11) is 3.39. The summed E-state index contributed by atoms with van der Waals surface area (Å²) in [4.78, 5) is 31.5. The summed E-state index contributed by atoms with van der Waals surface area (Å²) < 4.78 is 0. The average molecular weight is 268 g/mol. The fraction of sp³-hybridized carbons (Fsp3) is 0.545. The third-order valence-electron chi connectivity index (χ3n) is 2.88. The molecule has 1 N–H and O–H groups in total. The van der Waals surface area contributed by atoms with Crippen LogP contribution >= 0.6 is 11.3 Å². The molecule has 1 atom stereocenters. The molecule has 1 fully saturated rings. The van der Waals surface area contributed by atoms with E-state index in [1.807, 2.05) is 0 Å². The fourth-order valence-corrected chi connectivity index (χ4v) is 2.46. The van der Waals surface area contributed by atoms with Gasteiger partial charge < -0.3 is 15.1 Å². The monoisotopic (exact) mass is 268 g/mol. The number of piperazine rings is 1. The van der Waals surface area contributed by atoms with E-state index in [1.54, 1.807) is 29.9 Å². The van der Waals surface area contributed by atoms with E-state index >= 15 is 0 Å². The van der Waals surface area contributed by atoms with Crippen molar-refractivity contribution < 1.29 is 9.59 Å². The predicted octanol–water partition coefficient (Wildman–Crippen LogP) is -0.355. The molecule has 0 spiro atoms. The van der Waals surface area contributed by atoms with Crippen LogP contribution in [0.5, 0.6) is 0 Å². The van der Waals surface area contributed by atoms with Crippen LogP contribution in [0.3, 0.4) is 0 Å². The third-order valence-corrected chi connectivity index (χ3v) is 3.47. The first-order valence-corrected chi connectivity index (χ1v) is 6.66. The van der Waals surface area contributed by atoms with Gasteiger partial charge in [0.15, 0.2) is 0 Å². The van der Waals surface area contributed by atoms with E-state index in [0.29, 0.717) is 25.3 Å². The molecule has 7 heteroatoms. The third kappa shape index (κ3) is 2.51. The number of carbonyl (C=O) groups excluding carboxylic acids is 2. The average Bonchev–Trinajstić information content (AvgIpc) is 2.90. The minimum Gasteiger partial charge on any atom is -0.347 e. The number of aromatic nitrogens is 1. The molecule has 1 aliphatic heterocycles. The summed E-state index contributed by atoms with van der Waals surface area (Å²) >= 11 is 1.38. The Kier molecular flexibility index (Phi) is 3.93. The van der Waals surface area contributed by atoms with Gasteiger partial charge in [0.1, 0.15) is 11.7 Å². The van der Waals surface area contributed by atoms with Crippen LogP contribution in [0.4, 0.5) is 0 Å². The summed E-state index contributed by atoms with van der Waals surface area (Å²) in [6.45, 7) is 1.72. The Labute approximate surface area is 110 Å². The maximum atomic E-state index is 12.3. The largest absolute Gasteiger partial charge is 0.347 e. The van der Waals surface area contributed by atoms with Crippen molar-refractivity contribution in [2.75, 3.05) is 33.7 Å². The van der Waals surface area contributed by atoms with Gasteiger partial charge in [0.2, 0.25) is 5.91 Å². The first-order chi connectivity index (χ1) is 8.61. The van der Waals surface area contributed by atoms with Gasteiger partial charge in [0.25, 0.3) is 5.91 Å². The van der Waals surface area contributed by atoms with Crippen molar-refractivity contribution in [3.05, 3.63) is 16.6 Å². The normalized spacial score (nSPS) is 19.7. The molecule has 1 aromatic rings. The number of nitrogens with zero attached hydrogens (tertiary/aromatic N) is 3. The number of nitrogens with one attached hydrogen (secondary N) is 1. The lowest BCUT2D eigenvalue weighted by atomic mass is 10.1. The Morgan fingerprint density at radius 2 is 2.33 bits per heavy atom. The highest BCUT2D eigenvalue weighted by atomic mass is 32.1. The smallest absolute Gasteiger partial charge is 0.274 e. The van der Waals surface area contributed by atoms with E-state index in [2.05, 4.69) is 10.3 Å². The number of rotatable bonds is 2. The lowest BCUT2D eigenvalue weighted by molar-refractivity contribution is -0.134. The zero-order valence-corrected chi connectivity index (χ0v) is 11.2. The highest BCUT2D eigenvalue weighted by molar-refractivity contribution is 7.07. The van der Waals surface area contributed by atoms with E-state index in [9.17, 15) is 9.59 Å². The van der Waals surface area contributed by atoms with Crippen LogP contribution in [-0.2, 0) is 4.79 Å². The first-order valence-electron chi connectivity index (χ1n) is 5.72. The lowest BCUT2D eigenvalue weighted by Crippen LogP contribution is -2.59. The van der Waals surface area contributed by atoms with E-state index in [1.165, 1.54) is 16.2 Å². The van der Waals surface area contributed by atoms with Crippen molar-refractivity contribution in [2.45, 2.75) is 6.04 Å². The lowest BCUT2D eigenvalue weighted by Gasteiger charge is -2.36. The SMILES string of the molecule is CN(C)C(=O)C1CNCCN1C(=O)c1cscn1. The molecule has 18 heavy (non-hydrogen) atoms. The summed E-state index contributed by atoms with van der Waals surface area (Å²) in [5.74, 6) is -0.233. The fourth-order valence-electron chi connectivity index (χ4n) is 1.93. The summed E-state index contributed by atoms with van der Waals surface area (Å²) in [6.07, 6.45) is 0. The predicted molar refractivity (Wildman–Crippen MR) is 68.5 cm³/mol. The molecule has 1 saturated heterocycles. The number of hydrogen-bond donors (Lipinski definition) is 1. The highest BCUT2D eigenvalue weighted by Gasteiger charge is 2.33. The number of amides is 2. The summed E-state index contributed by atoms with van der Waals surface area (Å²) in [5.41, 5.74) is 2.04. The molecule has 98 valence electrons. The maximum Gasteiger partial charge on any atom is 0.274 e.